The molecule has 0 aromatic heterocycles. The molecule has 0 spiro atoms. The molecule has 2 rings (SSSR count). The molecule has 2 atom stereocenters. The van der Waals surface area contributed by atoms with Gasteiger partial charge in [0.2, 0.25) is 0 Å². The summed E-state index contributed by atoms with van der Waals surface area (Å²) < 4.78 is 10.9. The van der Waals surface area contributed by atoms with E-state index < -0.39 is 0 Å². The van der Waals surface area contributed by atoms with Crippen LogP contribution in [-0.2, 0) is 0 Å². The van der Waals surface area contributed by atoms with E-state index in [4.69, 9.17) is 9.47 Å². The zero-order valence-electron chi connectivity index (χ0n) is 8.85. The largest absolute Gasteiger partial charge is 0.493 e. The Balaban J connectivity index is 2.09. The van der Waals surface area contributed by atoms with Gasteiger partial charge in [0.05, 0.1) is 13.2 Å². The van der Waals surface area contributed by atoms with Gasteiger partial charge in [0.25, 0.3) is 0 Å². The van der Waals surface area contributed by atoms with Crippen molar-refractivity contribution < 1.29 is 14.6 Å². The van der Waals surface area contributed by atoms with Crippen molar-refractivity contribution in [3.05, 3.63) is 24.3 Å². The minimum absolute atomic E-state index is 0.0821. The third-order valence-corrected chi connectivity index (χ3v) is 2.77. The van der Waals surface area contributed by atoms with Crippen LogP contribution in [0.5, 0.6) is 11.5 Å². The van der Waals surface area contributed by atoms with Crippen LogP contribution in [-0.4, -0.2) is 24.4 Å². The first-order chi connectivity index (χ1) is 7.31. The number of hydrogen-bond acceptors (Lipinski definition) is 3. The highest BCUT2D eigenvalue weighted by Crippen LogP contribution is 2.31. The number of benzene rings is 1. The van der Waals surface area contributed by atoms with E-state index in [-0.39, 0.29) is 12.2 Å². The van der Waals surface area contributed by atoms with E-state index in [1.54, 1.807) is 7.11 Å². The van der Waals surface area contributed by atoms with Gasteiger partial charge in [0.15, 0.2) is 11.5 Å². The first-order valence-corrected chi connectivity index (χ1v) is 5.29. The Morgan fingerprint density at radius 2 is 1.93 bits per heavy atom. The minimum Gasteiger partial charge on any atom is -0.493 e. The van der Waals surface area contributed by atoms with Crippen molar-refractivity contribution in [3.63, 3.8) is 0 Å². The lowest BCUT2D eigenvalue weighted by atomic mass is 10.2. The summed E-state index contributed by atoms with van der Waals surface area (Å²) in [5.74, 6) is 1.43. The molecule has 0 radical (unpaired) electrons. The number of hydrogen-bond donors (Lipinski definition) is 1. The van der Waals surface area contributed by atoms with E-state index in [2.05, 4.69) is 0 Å². The lowest BCUT2D eigenvalue weighted by molar-refractivity contribution is 0.0586. The Morgan fingerprint density at radius 3 is 2.53 bits per heavy atom. The highest BCUT2D eigenvalue weighted by atomic mass is 16.5. The maximum atomic E-state index is 9.65. The maximum absolute atomic E-state index is 9.65. The lowest BCUT2D eigenvalue weighted by Gasteiger charge is -2.18. The number of aliphatic hydroxyl groups is 1. The summed E-state index contributed by atoms with van der Waals surface area (Å²) in [4.78, 5) is 0. The molecule has 82 valence electrons. The fourth-order valence-corrected chi connectivity index (χ4v) is 1.92. The van der Waals surface area contributed by atoms with Gasteiger partial charge in [-0.2, -0.15) is 0 Å². The Bertz CT molecular complexity index is 324. The molecule has 1 aliphatic rings. The Morgan fingerprint density at radius 1 is 1.20 bits per heavy atom. The molecule has 0 amide bonds. The smallest absolute Gasteiger partial charge is 0.161 e. The topological polar surface area (TPSA) is 38.7 Å². The summed E-state index contributed by atoms with van der Waals surface area (Å²) in [5, 5.41) is 9.65. The number of aliphatic hydroxyl groups excluding tert-OH is 1. The quantitative estimate of drug-likeness (QED) is 0.825. The molecule has 0 aliphatic heterocycles. The summed E-state index contributed by atoms with van der Waals surface area (Å²) in [7, 11) is 1.62. The van der Waals surface area contributed by atoms with Gasteiger partial charge >= 0.3 is 0 Å². The molecular weight excluding hydrogens is 192 g/mol. The van der Waals surface area contributed by atoms with Crippen molar-refractivity contribution in [2.24, 2.45) is 0 Å². The minimum atomic E-state index is -0.338. The van der Waals surface area contributed by atoms with Gasteiger partial charge in [0, 0.05) is 0 Å². The average molecular weight is 208 g/mol. The second-order valence-electron chi connectivity index (χ2n) is 3.81. The molecule has 1 fully saturated rings. The summed E-state index contributed by atoms with van der Waals surface area (Å²) in [6.07, 6.45) is 2.36. The Hall–Kier alpha value is -1.22. The first kappa shape index (κ1) is 10.3. The predicted octanol–water partition coefficient (Wildman–Crippen LogP) is 1.99. The van der Waals surface area contributed by atoms with E-state index in [0.717, 1.165) is 25.0 Å². The van der Waals surface area contributed by atoms with E-state index in [9.17, 15) is 5.11 Å². The Labute approximate surface area is 89.6 Å². The van der Waals surface area contributed by atoms with Crippen molar-refractivity contribution in [3.8, 4) is 11.5 Å². The third-order valence-electron chi connectivity index (χ3n) is 2.77. The van der Waals surface area contributed by atoms with Crippen LogP contribution in [0.2, 0.25) is 0 Å². The van der Waals surface area contributed by atoms with Crippen molar-refractivity contribution in [1.29, 1.82) is 0 Å². The molecule has 3 heteroatoms. The first-order valence-electron chi connectivity index (χ1n) is 5.29. The molecule has 0 heterocycles. The van der Waals surface area contributed by atoms with Gasteiger partial charge in [-0.15, -0.1) is 0 Å². The number of para-hydroxylation sites is 2. The van der Waals surface area contributed by atoms with Crippen LogP contribution in [0.3, 0.4) is 0 Å². The molecule has 1 aromatic rings. The van der Waals surface area contributed by atoms with Gasteiger partial charge < -0.3 is 14.6 Å². The summed E-state index contributed by atoms with van der Waals surface area (Å²) in [6, 6.07) is 7.52. The average Bonchev–Trinajstić information content (AvgIpc) is 2.65. The second-order valence-corrected chi connectivity index (χ2v) is 3.81. The third kappa shape index (κ3) is 2.23. The second kappa shape index (κ2) is 4.53. The number of ether oxygens (including phenoxy) is 2. The molecule has 3 nitrogen and oxygen atoms in total. The van der Waals surface area contributed by atoms with Crippen LogP contribution in [0.25, 0.3) is 0 Å². The molecule has 15 heavy (non-hydrogen) atoms. The molecule has 0 unspecified atom stereocenters. The lowest BCUT2D eigenvalue weighted by Crippen LogP contribution is -2.25. The van der Waals surface area contributed by atoms with E-state index in [1.807, 2.05) is 24.3 Å². The zero-order valence-corrected chi connectivity index (χ0v) is 8.85. The van der Waals surface area contributed by atoms with Crippen LogP contribution in [0.15, 0.2) is 24.3 Å². The van der Waals surface area contributed by atoms with Crippen molar-refractivity contribution >= 4 is 0 Å². The van der Waals surface area contributed by atoms with Gasteiger partial charge in [0.1, 0.15) is 6.10 Å². The van der Waals surface area contributed by atoms with Crippen molar-refractivity contribution in [2.45, 2.75) is 31.5 Å². The highest BCUT2D eigenvalue weighted by Gasteiger charge is 2.27. The van der Waals surface area contributed by atoms with Crippen LogP contribution < -0.4 is 9.47 Å². The molecule has 1 aliphatic carbocycles. The summed E-state index contributed by atoms with van der Waals surface area (Å²) in [6.45, 7) is 0. The molecule has 1 aromatic carbocycles. The van der Waals surface area contributed by atoms with Gasteiger partial charge in [-0.3, -0.25) is 0 Å². The van der Waals surface area contributed by atoms with Gasteiger partial charge in [-0.05, 0) is 31.4 Å². The van der Waals surface area contributed by atoms with Gasteiger partial charge in [-0.1, -0.05) is 12.1 Å². The molecule has 1 saturated carbocycles. The van der Waals surface area contributed by atoms with Crippen LogP contribution in [0.1, 0.15) is 19.3 Å². The summed E-state index contributed by atoms with van der Waals surface area (Å²) >= 11 is 0. The molecule has 0 bridgehead atoms. The fourth-order valence-electron chi connectivity index (χ4n) is 1.92. The van der Waals surface area contributed by atoms with Crippen LogP contribution >= 0.6 is 0 Å². The molecular formula is C12H16O3. The highest BCUT2D eigenvalue weighted by molar-refractivity contribution is 5.39. The fraction of sp³-hybridized carbons (Fsp3) is 0.500. The van der Waals surface area contributed by atoms with E-state index >= 15 is 0 Å². The molecule has 0 saturated heterocycles. The monoisotopic (exact) mass is 208 g/mol. The van der Waals surface area contributed by atoms with Crippen molar-refractivity contribution in [1.82, 2.24) is 0 Å². The SMILES string of the molecule is COc1ccccc1O[C@@H]1CCC[C@H]1O. The van der Waals surface area contributed by atoms with Crippen LogP contribution in [0.4, 0.5) is 0 Å². The van der Waals surface area contributed by atoms with E-state index in [0.29, 0.717) is 5.75 Å². The van der Waals surface area contributed by atoms with E-state index in [1.165, 1.54) is 0 Å². The zero-order chi connectivity index (χ0) is 10.7. The molecule has 1 N–H and O–H groups in total. The van der Waals surface area contributed by atoms with Crippen LogP contribution in [0, 0.1) is 0 Å². The Kier molecular flexibility index (Phi) is 3.11. The summed E-state index contributed by atoms with van der Waals surface area (Å²) in [5.41, 5.74) is 0. The predicted molar refractivity (Wildman–Crippen MR) is 57.3 cm³/mol. The maximum Gasteiger partial charge on any atom is 0.161 e. The normalized spacial score (nSPS) is 25.2. The van der Waals surface area contributed by atoms with Gasteiger partial charge in [-0.25, -0.2) is 0 Å². The number of rotatable bonds is 3. The number of methoxy groups -OCH3 is 1. The van der Waals surface area contributed by atoms with Crippen molar-refractivity contribution in [2.75, 3.05) is 7.11 Å². The standard InChI is InChI=1S/C12H16O3/c1-14-11-6-2-3-7-12(11)15-10-8-4-5-9(10)13/h2-3,6-7,9-10,13H,4-5,8H2,1H3/t9-,10-/m1/s1.